The minimum Gasteiger partial charge on any atom is -0.271 e. The summed E-state index contributed by atoms with van der Waals surface area (Å²) in [4.78, 5) is 0. The van der Waals surface area contributed by atoms with Crippen LogP contribution in [-0.4, -0.2) is 24.2 Å². The zero-order chi connectivity index (χ0) is 11.4. The van der Waals surface area contributed by atoms with Crippen LogP contribution in [0.4, 0.5) is 30.7 Å². The third-order valence-electron chi connectivity index (χ3n) is 1.50. The largest absolute Gasteiger partial charge is 0.451 e. The van der Waals surface area contributed by atoms with E-state index in [1.807, 2.05) is 0 Å². The van der Waals surface area contributed by atoms with Crippen LogP contribution in [0.2, 0.25) is 0 Å². The maximum atomic E-state index is 12.2. The first-order valence-electron chi connectivity index (χ1n) is 3.14. The van der Waals surface area contributed by atoms with Gasteiger partial charge in [-0.2, -0.15) is 30.7 Å². The van der Waals surface area contributed by atoms with Crippen LogP contribution in [-0.2, 0) is 9.47 Å². The van der Waals surface area contributed by atoms with Crippen molar-refractivity contribution in [2.75, 3.05) is 0 Å². The lowest BCUT2D eigenvalue weighted by atomic mass is 10.3. The highest BCUT2D eigenvalue weighted by atomic mass is 19.4. The van der Waals surface area contributed by atoms with Gasteiger partial charge in [-0.25, -0.2) is 0 Å². The summed E-state index contributed by atoms with van der Waals surface area (Å²) in [5, 5.41) is 0. The quantitative estimate of drug-likeness (QED) is 0.593. The highest BCUT2D eigenvalue weighted by molar-refractivity contribution is 4.87. The Labute approximate surface area is 72.6 Å². The minimum atomic E-state index is -5.48. The molecule has 0 spiro atoms. The maximum Gasteiger partial charge on any atom is 0.451 e. The average molecular weight is 228 g/mol. The van der Waals surface area contributed by atoms with Gasteiger partial charge in [-0.1, -0.05) is 0 Å². The SMILES string of the molecule is CC1(C(F)(F)F)OC(F)(F)C(F)(F)O1. The summed E-state index contributed by atoms with van der Waals surface area (Å²) in [6.45, 7) is -0.0537. The Kier molecular flexibility index (Phi) is 2.06. The second-order valence-electron chi connectivity index (χ2n) is 2.68. The van der Waals surface area contributed by atoms with Crippen LogP contribution < -0.4 is 0 Å². The molecule has 0 amide bonds. The van der Waals surface area contributed by atoms with Gasteiger partial charge in [-0.05, 0) is 6.92 Å². The number of hydrogen-bond acceptors (Lipinski definition) is 2. The molecule has 0 aromatic rings. The van der Waals surface area contributed by atoms with Gasteiger partial charge in [0.2, 0.25) is 0 Å². The van der Waals surface area contributed by atoms with Crippen molar-refractivity contribution in [2.24, 2.45) is 0 Å². The lowest BCUT2D eigenvalue weighted by Gasteiger charge is -2.24. The van der Waals surface area contributed by atoms with Crippen LogP contribution in [0, 0.1) is 0 Å². The first-order chi connectivity index (χ1) is 5.91. The standard InChI is InChI=1S/C5H3F7O2/c1-2(3(6,7)8)13-4(9,10)5(11,12)14-2/h1H3. The van der Waals surface area contributed by atoms with Gasteiger partial charge < -0.3 is 0 Å². The van der Waals surface area contributed by atoms with E-state index in [2.05, 4.69) is 9.47 Å². The number of ether oxygens (including phenoxy) is 2. The highest BCUT2D eigenvalue weighted by Crippen LogP contribution is 2.53. The van der Waals surface area contributed by atoms with Crippen molar-refractivity contribution < 1.29 is 40.2 Å². The van der Waals surface area contributed by atoms with Crippen molar-refractivity contribution in [1.82, 2.24) is 0 Å². The van der Waals surface area contributed by atoms with E-state index in [0.29, 0.717) is 0 Å². The second kappa shape index (κ2) is 2.51. The summed E-state index contributed by atoms with van der Waals surface area (Å²) in [5.41, 5.74) is 0. The van der Waals surface area contributed by atoms with E-state index in [-0.39, 0.29) is 6.92 Å². The zero-order valence-electron chi connectivity index (χ0n) is 6.46. The molecule has 0 N–H and O–H groups in total. The van der Waals surface area contributed by atoms with Gasteiger partial charge in [0, 0.05) is 0 Å². The Morgan fingerprint density at radius 1 is 0.857 bits per heavy atom. The molecule has 1 heterocycles. The topological polar surface area (TPSA) is 18.5 Å². The number of rotatable bonds is 0. The molecule has 0 unspecified atom stereocenters. The molecule has 0 aromatic heterocycles. The number of alkyl halides is 7. The summed E-state index contributed by atoms with van der Waals surface area (Å²) >= 11 is 0. The second-order valence-corrected chi connectivity index (χ2v) is 2.68. The number of halogens is 7. The van der Waals surface area contributed by atoms with Crippen LogP contribution in [0.3, 0.4) is 0 Å². The van der Waals surface area contributed by atoms with Crippen LogP contribution >= 0.6 is 0 Å². The minimum absolute atomic E-state index is 0.0537. The van der Waals surface area contributed by atoms with Crippen LogP contribution in [0.5, 0.6) is 0 Å². The molecule has 1 saturated heterocycles. The molecule has 1 rings (SSSR count). The fourth-order valence-electron chi connectivity index (χ4n) is 0.745. The lowest BCUT2D eigenvalue weighted by Crippen LogP contribution is -2.44. The van der Waals surface area contributed by atoms with E-state index in [0.717, 1.165) is 0 Å². The third kappa shape index (κ3) is 1.44. The average Bonchev–Trinajstić information content (AvgIpc) is 1.95. The Morgan fingerprint density at radius 3 is 1.29 bits per heavy atom. The molecular formula is C5H3F7O2. The third-order valence-corrected chi connectivity index (χ3v) is 1.50. The normalized spacial score (nSPS) is 29.1. The molecule has 84 valence electrons. The van der Waals surface area contributed by atoms with E-state index in [1.54, 1.807) is 0 Å². The van der Waals surface area contributed by atoms with Gasteiger partial charge in [-0.3, -0.25) is 9.47 Å². The zero-order valence-corrected chi connectivity index (χ0v) is 6.46. The van der Waals surface area contributed by atoms with Gasteiger partial charge in [0.05, 0.1) is 0 Å². The monoisotopic (exact) mass is 228 g/mol. The Hall–Kier alpha value is -0.570. The van der Waals surface area contributed by atoms with Crippen LogP contribution in [0.25, 0.3) is 0 Å². The molecule has 0 aliphatic carbocycles. The molecule has 9 heteroatoms. The summed E-state index contributed by atoms with van der Waals surface area (Å²) < 4.78 is 90.1. The van der Waals surface area contributed by atoms with Crippen molar-refractivity contribution in [1.29, 1.82) is 0 Å². The maximum absolute atomic E-state index is 12.2. The molecule has 0 atom stereocenters. The summed E-state index contributed by atoms with van der Waals surface area (Å²) in [6.07, 6.45) is -16.1. The molecule has 0 radical (unpaired) electrons. The van der Waals surface area contributed by atoms with Crippen molar-refractivity contribution in [3.8, 4) is 0 Å². The molecule has 2 nitrogen and oxygen atoms in total. The van der Waals surface area contributed by atoms with Gasteiger partial charge in [0.1, 0.15) is 0 Å². The van der Waals surface area contributed by atoms with E-state index >= 15 is 0 Å². The van der Waals surface area contributed by atoms with E-state index in [9.17, 15) is 30.7 Å². The Bertz CT molecular complexity index is 229. The van der Waals surface area contributed by atoms with Crippen molar-refractivity contribution in [2.45, 2.75) is 31.1 Å². The van der Waals surface area contributed by atoms with Gasteiger partial charge in [-0.15, -0.1) is 0 Å². The van der Waals surface area contributed by atoms with Crippen molar-refractivity contribution in [3.63, 3.8) is 0 Å². The van der Waals surface area contributed by atoms with E-state index < -0.39 is 24.2 Å². The predicted octanol–water partition coefficient (Wildman–Crippen LogP) is 2.50. The molecule has 0 aromatic carbocycles. The molecule has 1 aliphatic heterocycles. The van der Waals surface area contributed by atoms with Gasteiger partial charge in [0.25, 0.3) is 5.79 Å². The van der Waals surface area contributed by atoms with E-state index in [4.69, 9.17) is 0 Å². The smallest absolute Gasteiger partial charge is 0.271 e. The fraction of sp³-hybridized carbons (Fsp3) is 1.00. The molecule has 14 heavy (non-hydrogen) atoms. The number of hydrogen-bond donors (Lipinski definition) is 0. The summed E-state index contributed by atoms with van der Waals surface area (Å²) in [7, 11) is 0. The fourth-order valence-corrected chi connectivity index (χ4v) is 0.745. The van der Waals surface area contributed by atoms with E-state index in [1.165, 1.54) is 0 Å². The van der Waals surface area contributed by atoms with Crippen LogP contribution in [0.15, 0.2) is 0 Å². The molecule has 1 aliphatic rings. The predicted molar refractivity (Wildman–Crippen MR) is 26.5 cm³/mol. The molecular weight excluding hydrogens is 225 g/mol. The van der Waals surface area contributed by atoms with Crippen molar-refractivity contribution >= 4 is 0 Å². The summed E-state index contributed by atoms with van der Waals surface area (Å²) in [6, 6.07) is 0. The molecule has 1 fully saturated rings. The van der Waals surface area contributed by atoms with Gasteiger partial charge in [0.15, 0.2) is 0 Å². The molecule has 0 bridgehead atoms. The summed E-state index contributed by atoms with van der Waals surface area (Å²) in [5.74, 6) is -4.00. The van der Waals surface area contributed by atoms with Crippen LogP contribution in [0.1, 0.15) is 6.92 Å². The van der Waals surface area contributed by atoms with Gasteiger partial charge >= 0.3 is 18.4 Å². The first kappa shape index (κ1) is 11.5. The Balaban J connectivity index is 3.03. The Morgan fingerprint density at radius 2 is 1.14 bits per heavy atom. The molecule has 0 saturated carbocycles. The van der Waals surface area contributed by atoms with Crippen molar-refractivity contribution in [3.05, 3.63) is 0 Å². The highest BCUT2D eigenvalue weighted by Gasteiger charge is 2.78. The lowest BCUT2D eigenvalue weighted by molar-refractivity contribution is -0.371. The first-order valence-corrected chi connectivity index (χ1v) is 3.14.